The highest BCUT2D eigenvalue weighted by atomic mass is 16.5. The van der Waals surface area contributed by atoms with Crippen LogP contribution in [0.5, 0.6) is 0 Å². The molecule has 1 atom stereocenters. The highest BCUT2D eigenvalue weighted by molar-refractivity contribution is 5.78. The van der Waals surface area contributed by atoms with E-state index in [1.165, 1.54) is 0 Å². The van der Waals surface area contributed by atoms with E-state index in [1.807, 2.05) is 6.07 Å². The molecule has 0 N–H and O–H groups in total. The molecule has 0 aliphatic carbocycles. The van der Waals surface area contributed by atoms with E-state index in [4.69, 9.17) is 4.74 Å². The first kappa shape index (κ1) is 12.5. The molecule has 1 fully saturated rings. The Balaban J connectivity index is 1.86. The van der Waals surface area contributed by atoms with Crippen LogP contribution in [0.25, 0.3) is 16.7 Å². The maximum Gasteiger partial charge on any atom is 0.261 e. The Bertz CT molecular complexity index is 876. The highest BCUT2D eigenvalue weighted by Gasteiger charge is 2.17. The largest absolute Gasteiger partial charge is 0.376 e. The first-order valence-corrected chi connectivity index (χ1v) is 7.05. The number of aromatic nitrogens is 5. The van der Waals surface area contributed by atoms with Crippen LogP contribution in [0, 0.1) is 6.92 Å². The summed E-state index contributed by atoms with van der Waals surface area (Å²) in [6, 6.07) is 1.88. The quantitative estimate of drug-likeness (QED) is 0.700. The number of ether oxygens (including phenoxy) is 1. The van der Waals surface area contributed by atoms with Crippen LogP contribution in [0.1, 0.15) is 18.7 Å². The van der Waals surface area contributed by atoms with Crippen molar-refractivity contribution in [2.24, 2.45) is 0 Å². The number of fused-ring (bicyclic) bond motifs is 3. The molecule has 4 heterocycles. The fourth-order valence-corrected chi connectivity index (χ4v) is 2.81. The monoisotopic (exact) mass is 285 g/mol. The molecule has 0 amide bonds. The van der Waals surface area contributed by atoms with Crippen molar-refractivity contribution in [1.29, 1.82) is 0 Å². The molecule has 3 aromatic rings. The van der Waals surface area contributed by atoms with Crippen molar-refractivity contribution in [2.45, 2.75) is 32.4 Å². The molecular weight excluding hydrogens is 270 g/mol. The second-order valence-electron chi connectivity index (χ2n) is 5.34. The summed E-state index contributed by atoms with van der Waals surface area (Å²) in [4.78, 5) is 21.0. The second-order valence-corrected chi connectivity index (χ2v) is 5.34. The van der Waals surface area contributed by atoms with Gasteiger partial charge in [0.2, 0.25) is 0 Å². The standard InChI is InChI=1S/C14H15N5O2/c1-9-16-14-15-7-11-12(19(14)17-9)4-5-18(13(11)20)8-10-3-2-6-21-10/h4-5,7,10H,2-3,6,8H2,1H3. The second kappa shape index (κ2) is 4.63. The third kappa shape index (κ3) is 2.01. The molecule has 1 aliphatic heterocycles. The van der Waals surface area contributed by atoms with Crippen LogP contribution in [0.3, 0.4) is 0 Å². The number of pyridine rings is 1. The van der Waals surface area contributed by atoms with Gasteiger partial charge in [-0.15, -0.1) is 5.10 Å². The van der Waals surface area contributed by atoms with Gasteiger partial charge in [-0.1, -0.05) is 0 Å². The van der Waals surface area contributed by atoms with E-state index in [0.29, 0.717) is 23.5 Å². The fourth-order valence-electron chi connectivity index (χ4n) is 2.81. The van der Waals surface area contributed by atoms with Crippen LogP contribution in [0.4, 0.5) is 0 Å². The SMILES string of the molecule is Cc1nc2ncc3c(=O)n(CC4CCCO4)ccc3n2n1. The van der Waals surface area contributed by atoms with Gasteiger partial charge in [-0.05, 0) is 25.8 Å². The normalized spacial score (nSPS) is 18.8. The minimum absolute atomic E-state index is 0.0643. The van der Waals surface area contributed by atoms with E-state index in [0.717, 1.165) is 25.0 Å². The first-order chi connectivity index (χ1) is 10.2. The number of hydrogen-bond acceptors (Lipinski definition) is 5. The smallest absolute Gasteiger partial charge is 0.261 e. The fraction of sp³-hybridized carbons (Fsp3) is 0.429. The predicted octanol–water partition coefficient (Wildman–Crippen LogP) is 0.927. The first-order valence-electron chi connectivity index (χ1n) is 7.05. The molecule has 0 radical (unpaired) electrons. The van der Waals surface area contributed by atoms with Crippen LogP contribution in [-0.4, -0.2) is 36.9 Å². The van der Waals surface area contributed by atoms with Crippen LogP contribution in [0.2, 0.25) is 0 Å². The third-order valence-electron chi connectivity index (χ3n) is 3.84. The Hall–Kier alpha value is -2.28. The molecule has 108 valence electrons. The Morgan fingerprint density at radius 2 is 2.38 bits per heavy atom. The van der Waals surface area contributed by atoms with E-state index in [9.17, 15) is 4.79 Å². The van der Waals surface area contributed by atoms with Gasteiger partial charge >= 0.3 is 0 Å². The average molecular weight is 285 g/mol. The third-order valence-corrected chi connectivity index (χ3v) is 3.84. The Morgan fingerprint density at radius 1 is 1.48 bits per heavy atom. The van der Waals surface area contributed by atoms with Crippen LogP contribution >= 0.6 is 0 Å². The molecule has 4 rings (SSSR count). The van der Waals surface area contributed by atoms with Crippen molar-refractivity contribution >= 4 is 16.7 Å². The Kier molecular flexibility index (Phi) is 2.75. The number of nitrogens with zero attached hydrogens (tertiary/aromatic N) is 5. The summed E-state index contributed by atoms with van der Waals surface area (Å²) >= 11 is 0. The zero-order valence-corrected chi connectivity index (χ0v) is 11.7. The summed E-state index contributed by atoms with van der Waals surface area (Å²) in [5.74, 6) is 1.15. The molecule has 7 nitrogen and oxygen atoms in total. The number of rotatable bonds is 2. The Labute approximate surface area is 120 Å². The lowest BCUT2D eigenvalue weighted by molar-refractivity contribution is 0.0963. The molecule has 3 aromatic heterocycles. The van der Waals surface area contributed by atoms with Gasteiger partial charge in [0.05, 0.1) is 23.6 Å². The summed E-state index contributed by atoms with van der Waals surface area (Å²) in [5, 5.41) is 4.83. The molecule has 1 unspecified atom stereocenters. The summed E-state index contributed by atoms with van der Waals surface area (Å²) in [7, 11) is 0. The van der Waals surface area contributed by atoms with E-state index in [-0.39, 0.29) is 11.7 Å². The molecule has 7 heteroatoms. The molecule has 21 heavy (non-hydrogen) atoms. The minimum atomic E-state index is -0.0643. The molecule has 0 bridgehead atoms. The molecule has 0 saturated carbocycles. The number of hydrogen-bond donors (Lipinski definition) is 0. The van der Waals surface area contributed by atoms with Gasteiger partial charge in [0.1, 0.15) is 5.82 Å². The summed E-state index contributed by atoms with van der Waals surface area (Å²) < 4.78 is 8.90. The van der Waals surface area contributed by atoms with Crippen molar-refractivity contribution in [3.05, 3.63) is 34.6 Å². The lowest BCUT2D eigenvalue weighted by atomic mass is 10.2. The van der Waals surface area contributed by atoms with Crippen molar-refractivity contribution in [1.82, 2.24) is 24.1 Å². The molecule has 0 aromatic carbocycles. The topological polar surface area (TPSA) is 74.3 Å². The van der Waals surface area contributed by atoms with Crippen LogP contribution in [-0.2, 0) is 11.3 Å². The summed E-state index contributed by atoms with van der Waals surface area (Å²) in [5.41, 5.74) is 0.666. The zero-order chi connectivity index (χ0) is 14.4. The predicted molar refractivity (Wildman–Crippen MR) is 76.3 cm³/mol. The van der Waals surface area contributed by atoms with E-state index >= 15 is 0 Å². The van der Waals surface area contributed by atoms with Crippen LogP contribution in [0.15, 0.2) is 23.3 Å². The highest BCUT2D eigenvalue weighted by Crippen LogP contribution is 2.15. The van der Waals surface area contributed by atoms with Gasteiger partial charge in [0.15, 0.2) is 0 Å². The van der Waals surface area contributed by atoms with E-state index in [1.54, 1.807) is 28.4 Å². The summed E-state index contributed by atoms with van der Waals surface area (Å²) in [6.07, 6.45) is 5.57. The van der Waals surface area contributed by atoms with Crippen molar-refractivity contribution in [2.75, 3.05) is 6.61 Å². The van der Waals surface area contributed by atoms with Gasteiger partial charge in [0.25, 0.3) is 11.3 Å². The van der Waals surface area contributed by atoms with Crippen molar-refractivity contribution in [3.8, 4) is 0 Å². The maximum atomic E-state index is 12.6. The molecule has 1 aliphatic rings. The van der Waals surface area contributed by atoms with E-state index in [2.05, 4.69) is 15.1 Å². The molecular formula is C14H15N5O2. The Morgan fingerprint density at radius 3 is 3.19 bits per heavy atom. The van der Waals surface area contributed by atoms with Gasteiger partial charge in [-0.3, -0.25) is 4.79 Å². The zero-order valence-electron chi connectivity index (χ0n) is 11.7. The number of aryl methyl sites for hydroxylation is 1. The molecule has 0 spiro atoms. The summed E-state index contributed by atoms with van der Waals surface area (Å²) in [6.45, 7) is 3.18. The van der Waals surface area contributed by atoms with Gasteiger partial charge in [0, 0.05) is 19.0 Å². The lowest BCUT2D eigenvalue weighted by Crippen LogP contribution is -2.26. The maximum absolute atomic E-state index is 12.6. The minimum Gasteiger partial charge on any atom is -0.376 e. The van der Waals surface area contributed by atoms with Gasteiger partial charge in [-0.25, -0.2) is 4.98 Å². The molecule has 1 saturated heterocycles. The van der Waals surface area contributed by atoms with Gasteiger partial charge in [-0.2, -0.15) is 9.50 Å². The van der Waals surface area contributed by atoms with Gasteiger partial charge < -0.3 is 9.30 Å². The van der Waals surface area contributed by atoms with Crippen molar-refractivity contribution < 1.29 is 4.74 Å². The van der Waals surface area contributed by atoms with Crippen molar-refractivity contribution in [3.63, 3.8) is 0 Å². The lowest BCUT2D eigenvalue weighted by Gasteiger charge is -2.12. The van der Waals surface area contributed by atoms with Crippen LogP contribution < -0.4 is 5.56 Å². The van der Waals surface area contributed by atoms with E-state index < -0.39 is 0 Å². The average Bonchev–Trinajstić information content (AvgIpc) is 3.10.